The standard InChI is InChI=1S/C19H21NO3S/c1-22-16-9-10-18(23-2)15(14-16)8-11-19(21)20-12-13-24-17-6-4-3-5-7-17/h3-11,14H,12-13H2,1-2H3,(H,20,21)/b11-8+. The second-order valence-electron chi connectivity index (χ2n) is 4.89. The molecule has 4 nitrogen and oxygen atoms in total. The van der Waals surface area contributed by atoms with Gasteiger partial charge in [0.25, 0.3) is 0 Å². The van der Waals surface area contributed by atoms with Gasteiger partial charge in [0.1, 0.15) is 11.5 Å². The van der Waals surface area contributed by atoms with E-state index >= 15 is 0 Å². The zero-order chi connectivity index (χ0) is 17.2. The molecule has 0 aliphatic rings. The fraction of sp³-hybridized carbons (Fsp3) is 0.211. The molecule has 0 aliphatic carbocycles. The van der Waals surface area contributed by atoms with Gasteiger partial charge in [0.05, 0.1) is 14.2 Å². The van der Waals surface area contributed by atoms with Crippen LogP contribution in [0.25, 0.3) is 6.08 Å². The fourth-order valence-corrected chi connectivity index (χ4v) is 2.84. The Kier molecular flexibility index (Phi) is 7.23. The highest BCUT2D eigenvalue weighted by Crippen LogP contribution is 2.25. The Morgan fingerprint density at radius 1 is 1.12 bits per heavy atom. The van der Waals surface area contributed by atoms with Crippen molar-refractivity contribution < 1.29 is 14.3 Å². The predicted octanol–water partition coefficient (Wildman–Crippen LogP) is 3.63. The molecule has 2 rings (SSSR count). The van der Waals surface area contributed by atoms with Crippen molar-refractivity contribution in [1.29, 1.82) is 0 Å². The zero-order valence-corrected chi connectivity index (χ0v) is 14.6. The molecule has 126 valence electrons. The quantitative estimate of drug-likeness (QED) is 0.452. The average molecular weight is 343 g/mol. The first-order valence-electron chi connectivity index (χ1n) is 7.58. The number of nitrogens with one attached hydrogen (secondary N) is 1. The third-order valence-electron chi connectivity index (χ3n) is 3.26. The number of hydrogen-bond donors (Lipinski definition) is 1. The van der Waals surface area contributed by atoms with E-state index in [4.69, 9.17) is 9.47 Å². The van der Waals surface area contributed by atoms with E-state index < -0.39 is 0 Å². The molecule has 0 saturated carbocycles. The van der Waals surface area contributed by atoms with Gasteiger partial charge < -0.3 is 14.8 Å². The Morgan fingerprint density at radius 2 is 1.92 bits per heavy atom. The molecule has 24 heavy (non-hydrogen) atoms. The van der Waals surface area contributed by atoms with Crippen LogP contribution in [0.4, 0.5) is 0 Å². The first-order chi connectivity index (χ1) is 11.7. The minimum Gasteiger partial charge on any atom is -0.497 e. The molecule has 1 amide bonds. The van der Waals surface area contributed by atoms with Gasteiger partial charge in [-0.3, -0.25) is 4.79 Å². The highest BCUT2D eigenvalue weighted by Gasteiger charge is 2.03. The number of methoxy groups -OCH3 is 2. The number of rotatable bonds is 8. The van der Waals surface area contributed by atoms with E-state index in [9.17, 15) is 4.79 Å². The summed E-state index contributed by atoms with van der Waals surface area (Å²) in [6.45, 7) is 0.609. The van der Waals surface area contributed by atoms with Crippen molar-refractivity contribution in [1.82, 2.24) is 5.32 Å². The van der Waals surface area contributed by atoms with E-state index in [1.165, 1.54) is 11.0 Å². The highest BCUT2D eigenvalue weighted by atomic mass is 32.2. The van der Waals surface area contributed by atoms with Crippen LogP contribution in [0.2, 0.25) is 0 Å². The minimum atomic E-state index is -0.131. The molecule has 0 saturated heterocycles. The van der Waals surface area contributed by atoms with Crippen molar-refractivity contribution in [3.63, 3.8) is 0 Å². The topological polar surface area (TPSA) is 47.6 Å². The Morgan fingerprint density at radius 3 is 2.62 bits per heavy atom. The second-order valence-corrected chi connectivity index (χ2v) is 6.06. The molecule has 0 heterocycles. The van der Waals surface area contributed by atoms with E-state index in [0.717, 1.165) is 17.1 Å². The van der Waals surface area contributed by atoms with E-state index in [2.05, 4.69) is 17.4 Å². The molecule has 2 aromatic rings. The summed E-state index contributed by atoms with van der Waals surface area (Å²) in [4.78, 5) is 13.1. The van der Waals surface area contributed by atoms with Gasteiger partial charge in [0.2, 0.25) is 5.91 Å². The molecule has 0 aliphatic heterocycles. The zero-order valence-electron chi connectivity index (χ0n) is 13.8. The Hall–Kier alpha value is -2.40. The predicted molar refractivity (Wildman–Crippen MR) is 98.8 cm³/mol. The molecule has 0 radical (unpaired) electrons. The van der Waals surface area contributed by atoms with Gasteiger partial charge in [-0.15, -0.1) is 11.8 Å². The summed E-state index contributed by atoms with van der Waals surface area (Å²) in [7, 11) is 3.20. The highest BCUT2D eigenvalue weighted by molar-refractivity contribution is 7.99. The second kappa shape index (κ2) is 9.67. The SMILES string of the molecule is COc1ccc(OC)c(/C=C/C(=O)NCCSc2ccccc2)c1. The summed E-state index contributed by atoms with van der Waals surface area (Å²) in [5.74, 6) is 2.11. The van der Waals surface area contributed by atoms with Gasteiger partial charge in [0, 0.05) is 28.8 Å². The van der Waals surface area contributed by atoms with Crippen molar-refractivity contribution in [2.75, 3.05) is 26.5 Å². The van der Waals surface area contributed by atoms with Crippen LogP contribution in [0.3, 0.4) is 0 Å². The lowest BCUT2D eigenvalue weighted by Gasteiger charge is -2.07. The van der Waals surface area contributed by atoms with Crippen molar-refractivity contribution in [3.8, 4) is 11.5 Å². The third kappa shape index (κ3) is 5.66. The van der Waals surface area contributed by atoms with Crippen LogP contribution >= 0.6 is 11.8 Å². The summed E-state index contributed by atoms with van der Waals surface area (Å²) < 4.78 is 10.5. The largest absolute Gasteiger partial charge is 0.497 e. The summed E-state index contributed by atoms with van der Waals surface area (Å²) in [6, 6.07) is 15.6. The van der Waals surface area contributed by atoms with Crippen LogP contribution in [-0.4, -0.2) is 32.4 Å². The summed E-state index contributed by atoms with van der Waals surface area (Å²) in [6.07, 6.45) is 3.23. The Balaban J connectivity index is 1.82. The molecule has 5 heteroatoms. The van der Waals surface area contributed by atoms with Crippen LogP contribution in [0.5, 0.6) is 11.5 Å². The van der Waals surface area contributed by atoms with E-state index in [-0.39, 0.29) is 5.91 Å². The maximum Gasteiger partial charge on any atom is 0.244 e. The minimum absolute atomic E-state index is 0.131. The first-order valence-corrected chi connectivity index (χ1v) is 8.57. The Bertz CT molecular complexity index is 686. The van der Waals surface area contributed by atoms with Crippen LogP contribution in [0, 0.1) is 0 Å². The summed E-state index contributed by atoms with van der Waals surface area (Å²) in [5.41, 5.74) is 0.797. The lowest BCUT2D eigenvalue weighted by Crippen LogP contribution is -2.23. The number of hydrogen-bond acceptors (Lipinski definition) is 4. The van der Waals surface area contributed by atoms with E-state index in [1.807, 2.05) is 36.4 Å². The van der Waals surface area contributed by atoms with Gasteiger partial charge in [-0.05, 0) is 36.4 Å². The number of carbonyl (C=O) groups is 1. The van der Waals surface area contributed by atoms with Crippen LogP contribution in [0.15, 0.2) is 59.5 Å². The van der Waals surface area contributed by atoms with Gasteiger partial charge in [-0.25, -0.2) is 0 Å². The normalized spacial score (nSPS) is 10.6. The van der Waals surface area contributed by atoms with Crippen LogP contribution < -0.4 is 14.8 Å². The smallest absolute Gasteiger partial charge is 0.244 e. The van der Waals surface area contributed by atoms with Gasteiger partial charge in [-0.1, -0.05) is 18.2 Å². The first kappa shape index (κ1) is 17.9. The van der Waals surface area contributed by atoms with Crippen LogP contribution in [0.1, 0.15) is 5.56 Å². The lowest BCUT2D eigenvalue weighted by atomic mass is 10.1. The molecule has 0 bridgehead atoms. The molecular weight excluding hydrogens is 322 g/mol. The maximum absolute atomic E-state index is 11.9. The molecule has 0 atom stereocenters. The van der Waals surface area contributed by atoms with Gasteiger partial charge in [0.15, 0.2) is 0 Å². The lowest BCUT2D eigenvalue weighted by molar-refractivity contribution is -0.116. The third-order valence-corrected chi connectivity index (χ3v) is 4.28. The Labute approximate surface area is 146 Å². The molecule has 0 spiro atoms. The van der Waals surface area contributed by atoms with Crippen molar-refractivity contribution in [2.45, 2.75) is 4.90 Å². The van der Waals surface area contributed by atoms with Crippen molar-refractivity contribution >= 4 is 23.7 Å². The van der Waals surface area contributed by atoms with E-state index in [1.54, 1.807) is 32.1 Å². The number of amides is 1. The number of carbonyl (C=O) groups excluding carboxylic acids is 1. The monoisotopic (exact) mass is 343 g/mol. The number of ether oxygens (including phenoxy) is 2. The molecule has 2 aromatic carbocycles. The summed E-state index contributed by atoms with van der Waals surface area (Å²) >= 11 is 1.71. The number of thioether (sulfide) groups is 1. The molecule has 0 unspecified atom stereocenters. The molecular formula is C19H21NO3S. The average Bonchev–Trinajstić information content (AvgIpc) is 2.64. The number of benzene rings is 2. The molecule has 0 fully saturated rings. The van der Waals surface area contributed by atoms with Crippen molar-refractivity contribution in [2.24, 2.45) is 0 Å². The molecule has 0 aromatic heterocycles. The molecule has 1 N–H and O–H groups in total. The van der Waals surface area contributed by atoms with Gasteiger partial charge >= 0.3 is 0 Å². The summed E-state index contributed by atoms with van der Waals surface area (Å²) in [5, 5.41) is 2.87. The van der Waals surface area contributed by atoms with Crippen LogP contribution in [-0.2, 0) is 4.79 Å². The van der Waals surface area contributed by atoms with Crippen molar-refractivity contribution in [3.05, 3.63) is 60.2 Å². The van der Waals surface area contributed by atoms with E-state index in [0.29, 0.717) is 12.3 Å². The fourth-order valence-electron chi connectivity index (χ4n) is 2.05. The van der Waals surface area contributed by atoms with Gasteiger partial charge in [-0.2, -0.15) is 0 Å². The maximum atomic E-state index is 11.9.